The molecule has 3 rings (SSSR count). The summed E-state index contributed by atoms with van der Waals surface area (Å²) in [5.41, 5.74) is 0. The van der Waals surface area contributed by atoms with Gasteiger partial charge >= 0.3 is 0 Å². The van der Waals surface area contributed by atoms with Crippen LogP contribution in [-0.4, -0.2) is 0 Å². The molecule has 0 saturated heterocycles. The Morgan fingerprint density at radius 3 is 2.93 bits per heavy atom. The molecule has 65 valence electrons. The van der Waals surface area contributed by atoms with Gasteiger partial charge in [-0.2, -0.15) is 0 Å². The zero-order chi connectivity index (χ0) is 9.38. The van der Waals surface area contributed by atoms with Crippen molar-refractivity contribution in [1.29, 1.82) is 0 Å². The van der Waals surface area contributed by atoms with E-state index in [2.05, 4.69) is 42.2 Å². The van der Waals surface area contributed by atoms with Gasteiger partial charge in [0.25, 0.3) is 0 Å². The Balaban J connectivity index is 2.61. The molecule has 0 unspecified atom stereocenters. The summed E-state index contributed by atoms with van der Waals surface area (Å²) >= 11 is 0. The lowest BCUT2D eigenvalue weighted by atomic mass is 10.1. The molecule has 1 heterocycles. The minimum atomic E-state index is 1.26. The lowest BCUT2D eigenvalue weighted by Gasteiger charge is -2.01. The minimum absolute atomic E-state index is 1.26. The second-order valence-corrected chi connectivity index (χ2v) is 4.27. The molecule has 0 amide bonds. The highest BCUT2D eigenvalue weighted by molar-refractivity contribution is 7.36. The predicted molar refractivity (Wildman–Crippen MR) is 62.8 cm³/mol. The average Bonchev–Trinajstić information content (AvgIpc) is 2.29. The van der Waals surface area contributed by atoms with Crippen LogP contribution >= 0.6 is 8.19 Å². The average molecular weight is 195 g/mol. The highest BCUT2D eigenvalue weighted by Gasteiger charge is 1.98. The molecule has 0 saturated carbocycles. The molecule has 3 aromatic rings. The molecule has 1 heteroatoms. The van der Waals surface area contributed by atoms with Crippen LogP contribution in [0.1, 0.15) is 0 Å². The van der Waals surface area contributed by atoms with Gasteiger partial charge in [-0.3, -0.25) is 0 Å². The molecule has 1 radical (unpaired) electrons. The van der Waals surface area contributed by atoms with Gasteiger partial charge in [-0.1, -0.05) is 44.6 Å². The van der Waals surface area contributed by atoms with Crippen molar-refractivity contribution < 1.29 is 0 Å². The number of hydrogen-bond acceptors (Lipinski definition) is 0. The Morgan fingerprint density at radius 2 is 1.93 bits per heavy atom. The van der Waals surface area contributed by atoms with Crippen molar-refractivity contribution in [2.24, 2.45) is 0 Å². The first-order valence-corrected chi connectivity index (χ1v) is 5.56. The Kier molecular flexibility index (Phi) is 1.75. The van der Waals surface area contributed by atoms with Gasteiger partial charge in [0, 0.05) is 10.5 Å². The summed E-state index contributed by atoms with van der Waals surface area (Å²) in [6.07, 6.45) is 0. The van der Waals surface area contributed by atoms with Crippen molar-refractivity contribution in [2.75, 3.05) is 0 Å². The van der Waals surface area contributed by atoms with Gasteiger partial charge in [0.2, 0.25) is 0 Å². The van der Waals surface area contributed by atoms with Gasteiger partial charge in [-0.25, -0.2) is 0 Å². The number of rotatable bonds is 0. The molecule has 0 spiro atoms. The fourth-order valence-corrected chi connectivity index (χ4v) is 2.72. The van der Waals surface area contributed by atoms with Crippen molar-refractivity contribution in [1.82, 2.24) is 0 Å². The van der Waals surface area contributed by atoms with Gasteiger partial charge in [0.15, 0.2) is 0 Å². The van der Waals surface area contributed by atoms with E-state index >= 15 is 0 Å². The van der Waals surface area contributed by atoms with Crippen LogP contribution in [0.5, 0.6) is 0 Å². The second-order valence-electron chi connectivity index (χ2n) is 3.28. The van der Waals surface area contributed by atoms with Gasteiger partial charge < -0.3 is 0 Å². The first-order chi connectivity index (χ1) is 6.95. The summed E-state index contributed by atoms with van der Waals surface area (Å²) in [6, 6.07) is 18.0. The van der Waals surface area contributed by atoms with Crippen molar-refractivity contribution in [2.45, 2.75) is 0 Å². The molecule has 0 atom stereocenters. The molecule has 1 aromatic heterocycles. The van der Waals surface area contributed by atoms with Crippen LogP contribution in [0.15, 0.2) is 48.3 Å². The van der Waals surface area contributed by atoms with E-state index < -0.39 is 0 Å². The molecule has 0 nitrogen and oxygen atoms in total. The number of hydrogen-bond donors (Lipinski definition) is 0. The topological polar surface area (TPSA) is 0 Å². The van der Waals surface area contributed by atoms with Crippen LogP contribution in [0.4, 0.5) is 0 Å². The Hall–Kier alpha value is -1.39. The molecular weight excluding hydrogens is 187 g/mol. The SMILES string of the molecule is [c]1cccc2pcc3ccccc3c12. The first kappa shape index (κ1) is 7.96. The summed E-state index contributed by atoms with van der Waals surface area (Å²) in [4.78, 5) is 0. The summed E-state index contributed by atoms with van der Waals surface area (Å²) in [5.74, 6) is 2.26. The zero-order valence-electron chi connectivity index (χ0n) is 7.57. The van der Waals surface area contributed by atoms with Crippen molar-refractivity contribution >= 4 is 29.5 Å². The fraction of sp³-hybridized carbons (Fsp3) is 0. The highest BCUT2D eigenvalue weighted by atomic mass is 31.0. The van der Waals surface area contributed by atoms with Crippen molar-refractivity contribution in [3.63, 3.8) is 0 Å². The third-order valence-electron chi connectivity index (χ3n) is 2.41. The monoisotopic (exact) mass is 195 g/mol. The summed E-state index contributed by atoms with van der Waals surface area (Å²) in [6.45, 7) is 0. The molecule has 0 fully saturated rings. The standard InChI is InChI=1S/C13H8P/c1-2-6-11-10(5-1)9-14-13-8-4-3-7-12(11)13/h1-6,8-9H. The van der Waals surface area contributed by atoms with E-state index in [0.29, 0.717) is 0 Å². The maximum Gasteiger partial charge on any atom is 0.0103 e. The van der Waals surface area contributed by atoms with E-state index in [-0.39, 0.29) is 0 Å². The highest BCUT2D eigenvalue weighted by Crippen LogP contribution is 2.30. The van der Waals surface area contributed by atoms with Gasteiger partial charge in [-0.05, 0) is 28.7 Å². The van der Waals surface area contributed by atoms with Gasteiger partial charge in [0.1, 0.15) is 0 Å². The van der Waals surface area contributed by atoms with Gasteiger partial charge in [0.05, 0.1) is 0 Å². The third kappa shape index (κ3) is 1.12. The lowest BCUT2D eigenvalue weighted by molar-refractivity contribution is 1.80. The van der Waals surface area contributed by atoms with Crippen LogP contribution in [0.25, 0.3) is 21.3 Å². The van der Waals surface area contributed by atoms with Crippen LogP contribution in [0.2, 0.25) is 0 Å². The Morgan fingerprint density at radius 1 is 1.00 bits per heavy atom. The van der Waals surface area contributed by atoms with E-state index in [4.69, 9.17) is 0 Å². The Labute approximate surface area is 84.3 Å². The number of benzene rings is 2. The molecule has 0 N–H and O–H groups in total. The van der Waals surface area contributed by atoms with Crippen molar-refractivity contribution in [3.05, 3.63) is 54.3 Å². The van der Waals surface area contributed by atoms with Crippen LogP contribution < -0.4 is 0 Å². The number of fused-ring (bicyclic) bond motifs is 3. The third-order valence-corrected chi connectivity index (χ3v) is 3.47. The summed E-state index contributed by atoms with van der Waals surface area (Å²) in [5, 5.41) is 5.24. The molecule has 0 bridgehead atoms. The van der Waals surface area contributed by atoms with Crippen LogP contribution in [-0.2, 0) is 0 Å². The quantitative estimate of drug-likeness (QED) is 0.467. The smallest absolute Gasteiger partial charge is 0.0103 e. The lowest BCUT2D eigenvalue weighted by Crippen LogP contribution is -1.72. The maximum atomic E-state index is 3.32. The first-order valence-electron chi connectivity index (χ1n) is 4.59. The molecule has 14 heavy (non-hydrogen) atoms. The van der Waals surface area contributed by atoms with E-state index in [1.807, 2.05) is 12.1 Å². The minimum Gasteiger partial charge on any atom is -0.0671 e. The van der Waals surface area contributed by atoms with E-state index in [1.165, 1.54) is 29.5 Å². The molecule has 0 aliphatic carbocycles. The summed E-state index contributed by atoms with van der Waals surface area (Å²) in [7, 11) is 1.28. The van der Waals surface area contributed by atoms with Crippen LogP contribution in [0.3, 0.4) is 0 Å². The zero-order valence-corrected chi connectivity index (χ0v) is 8.46. The second kappa shape index (κ2) is 3.08. The normalized spacial score (nSPS) is 11.4. The predicted octanol–water partition coefficient (Wildman–Crippen LogP) is 4.37. The van der Waals surface area contributed by atoms with Crippen molar-refractivity contribution in [3.8, 4) is 0 Å². The van der Waals surface area contributed by atoms with E-state index in [0.717, 1.165) is 0 Å². The maximum absolute atomic E-state index is 3.32. The summed E-state index contributed by atoms with van der Waals surface area (Å²) < 4.78 is 0. The molecule has 0 aliphatic heterocycles. The largest absolute Gasteiger partial charge is 0.0671 e. The molecule has 0 aliphatic rings. The fourth-order valence-electron chi connectivity index (χ4n) is 1.73. The van der Waals surface area contributed by atoms with E-state index in [1.54, 1.807) is 0 Å². The van der Waals surface area contributed by atoms with E-state index in [9.17, 15) is 0 Å². The Bertz CT molecular complexity index is 544. The van der Waals surface area contributed by atoms with Crippen LogP contribution in [0, 0.1) is 6.07 Å². The van der Waals surface area contributed by atoms with Gasteiger partial charge in [-0.15, -0.1) is 0 Å². The molecule has 2 aromatic carbocycles. The molecular formula is C13H8P.